The molecule has 1 aliphatic heterocycles. The Bertz CT molecular complexity index is 505. The monoisotopic (exact) mass is 278 g/mol. The van der Waals surface area contributed by atoms with E-state index < -0.39 is 0 Å². The average molecular weight is 279 g/mol. The highest BCUT2D eigenvalue weighted by Gasteiger charge is 2.23. The molecule has 1 aromatic carbocycles. The van der Waals surface area contributed by atoms with Crippen molar-refractivity contribution in [3.63, 3.8) is 0 Å². The molecule has 0 radical (unpaired) electrons. The van der Waals surface area contributed by atoms with Crippen molar-refractivity contribution in [1.82, 2.24) is 10.3 Å². The Morgan fingerprint density at radius 1 is 1.38 bits per heavy atom. The zero-order chi connectivity index (χ0) is 11.0. The van der Waals surface area contributed by atoms with Gasteiger partial charge in [0.1, 0.15) is 5.76 Å². The van der Waals surface area contributed by atoms with Crippen molar-refractivity contribution < 1.29 is 4.42 Å². The number of nitrogens with zero attached hydrogens (tertiary/aromatic N) is 1. The van der Waals surface area contributed by atoms with Gasteiger partial charge in [-0.3, -0.25) is 0 Å². The van der Waals surface area contributed by atoms with E-state index in [1.807, 2.05) is 30.5 Å². The molecular weight excluding hydrogens is 268 g/mol. The van der Waals surface area contributed by atoms with Gasteiger partial charge in [0.15, 0.2) is 0 Å². The van der Waals surface area contributed by atoms with Crippen LogP contribution in [0.5, 0.6) is 0 Å². The first-order valence-corrected chi connectivity index (χ1v) is 6.04. The van der Waals surface area contributed by atoms with E-state index >= 15 is 0 Å². The molecule has 4 heteroatoms. The second-order valence-corrected chi connectivity index (χ2v) is 4.85. The third-order valence-electron chi connectivity index (χ3n) is 2.78. The largest absolute Gasteiger partial charge is 0.441 e. The van der Waals surface area contributed by atoms with Crippen molar-refractivity contribution in [2.45, 2.75) is 5.92 Å². The van der Waals surface area contributed by atoms with Gasteiger partial charge in [-0.05, 0) is 18.2 Å². The molecule has 2 aromatic rings. The smallest absolute Gasteiger partial charge is 0.226 e. The van der Waals surface area contributed by atoms with Crippen LogP contribution in [0.15, 0.2) is 39.4 Å². The van der Waals surface area contributed by atoms with E-state index in [-0.39, 0.29) is 0 Å². The lowest BCUT2D eigenvalue weighted by Crippen LogP contribution is -2.39. The van der Waals surface area contributed by atoms with Crippen LogP contribution in [0.3, 0.4) is 0 Å². The summed E-state index contributed by atoms with van der Waals surface area (Å²) in [6.45, 7) is 1.99. The molecule has 0 spiro atoms. The predicted octanol–water partition coefficient (Wildman–Crippen LogP) is 2.79. The molecule has 1 saturated heterocycles. The van der Waals surface area contributed by atoms with Crippen molar-refractivity contribution in [2.75, 3.05) is 13.1 Å². The zero-order valence-electron chi connectivity index (χ0n) is 8.61. The highest BCUT2D eigenvalue weighted by molar-refractivity contribution is 9.10. The predicted molar refractivity (Wildman–Crippen MR) is 65.2 cm³/mol. The average Bonchev–Trinajstić information content (AvgIpc) is 2.64. The summed E-state index contributed by atoms with van der Waals surface area (Å²) in [6.07, 6.45) is 1.84. The summed E-state index contributed by atoms with van der Waals surface area (Å²) in [5.41, 5.74) is 1.01. The van der Waals surface area contributed by atoms with Crippen molar-refractivity contribution in [3.8, 4) is 11.5 Å². The second kappa shape index (κ2) is 4.03. The fourth-order valence-electron chi connectivity index (χ4n) is 1.72. The van der Waals surface area contributed by atoms with Gasteiger partial charge in [-0.25, -0.2) is 4.98 Å². The number of halogens is 1. The summed E-state index contributed by atoms with van der Waals surface area (Å²) >= 11 is 3.44. The molecule has 1 N–H and O–H groups in total. The molecule has 3 nitrogen and oxygen atoms in total. The molecule has 0 unspecified atom stereocenters. The third-order valence-corrected chi connectivity index (χ3v) is 3.27. The molecule has 1 aliphatic rings. The molecule has 16 heavy (non-hydrogen) atoms. The fourth-order valence-corrected chi connectivity index (χ4v) is 2.12. The minimum absolute atomic E-state index is 0.494. The van der Waals surface area contributed by atoms with Crippen LogP contribution in [0.25, 0.3) is 11.5 Å². The Balaban J connectivity index is 1.91. The lowest BCUT2D eigenvalue weighted by Gasteiger charge is -2.24. The maximum Gasteiger partial charge on any atom is 0.226 e. The van der Waals surface area contributed by atoms with E-state index in [2.05, 4.69) is 26.2 Å². The minimum Gasteiger partial charge on any atom is -0.441 e. The number of hydrogen-bond donors (Lipinski definition) is 1. The van der Waals surface area contributed by atoms with Gasteiger partial charge in [0.2, 0.25) is 5.89 Å². The summed E-state index contributed by atoms with van der Waals surface area (Å²) in [5.74, 6) is 2.17. The summed E-state index contributed by atoms with van der Waals surface area (Å²) in [6, 6.07) is 7.98. The molecule has 3 rings (SSSR count). The maximum atomic E-state index is 5.76. The number of benzene rings is 1. The maximum absolute atomic E-state index is 5.76. The van der Waals surface area contributed by atoms with Crippen LogP contribution in [-0.2, 0) is 0 Å². The van der Waals surface area contributed by atoms with Crippen LogP contribution in [0, 0.1) is 0 Å². The molecule has 0 atom stereocenters. The van der Waals surface area contributed by atoms with Crippen molar-refractivity contribution >= 4 is 15.9 Å². The quantitative estimate of drug-likeness (QED) is 0.918. The van der Waals surface area contributed by atoms with Crippen molar-refractivity contribution in [1.29, 1.82) is 0 Å². The molecule has 1 aromatic heterocycles. The van der Waals surface area contributed by atoms with Crippen LogP contribution in [0.1, 0.15) is 11.7 Å². The van der Waals surface area contributed by atoms with Crippen LogP contribution in [-0.4, -0.2) is 18.1 Å². The molecular formula is C12H11BrN2O. The fraction of sp³-hybridized carbons (Fsp3) is 0.250. The molecule has 2 heterocycles. The van der Waals surface area contributed by atoms with Gasteiger partial charge in [-0.2, -0.15) is 0 Å². The van der Waals surface area contributed by atoms with Gasteiger partial charge >= 0.3 is 0 Å². The van der Waals surface area contributed by atoms with E-state index in [1.54, 1.807) is 0 Å². The first-order chi connectivity index (χ1) is 7.83. The van der Waals surface area contributed by atoms with Crippen LogP contribution < -0.4 is 5.32 Å². The summed E-state index contributed by atoms with van der Waals surface area (Å²) < 4.78 is 6.79. The Labute approximate surface area is 102 Å². The summed E-state index contributed by atoms with van der Waals surface area (Å²) in [7, 11) is 0. The Morgan fingerprint density at radius 3 is 2.94 bits per heavy atom. The molecule has 0 amide bonds. The second-order valence-electron chi connectivity index (χ2n) is 3.93. The van der Waals surface area contributed by atoms with Gasteiger partial charge in [0.25, 0.3) is 0 Å². The number of rotatable bonds is 2. The summed E-state index contributed by atoms with van der Waals surface area (Å²) in [5, 5.41) is 3.22. The lowest BCUT2D eigenvalue weighted by atomic mass is 10.0. The Hall–Kier alpha value is -1.13. The molecule has 1 fully saturated rings. The standard InChI is InChI=1S/C12H11BrN2O/c13-10-3-1-2-8(4-10)12-15-7-11(16-12)9-5-14-6-9/h1-4,7,9,14H,5-6H2. The SMILES string of the molecule is Brc1cccc(-c2ncc(C3CNC3)o2)c1. The number of oxazole rings is 1. The van der Waals surface area contributed by atoms with Crippen LogP contribution in [0.4, 0.5) is 0 Å². The first kappa shape index (κ1) is 10.1. The van der Waals surface area contributed by atoms with Crippen LogP contribution in [0.2, 0.25) is 0 Å². The van der Waals surface area contributed by atoms with E-state index in [0.717, 1.165) is 28.9 Å². The van der Waals surface area contributed by atoms with Gasteiger partial charge < -0.3 is 9.73 Å². The van der Waals surface area contributed by atoms with E-state index in [4.69, 9.17) is 4.42 Å². The molecule has 0 bridgehead atoms. The first-order valence-electron chi connectivity index (χ1n) is 5.25. The van der Waals surface area contributed by atoms with E-state index in [9.17, 15) is 0 Å². The van der Waals surface area contributed by atoms with E-state index in [1.165, 1.54) is 0 Å². The van der Waals surface area contributed by atoms with Gasteiger partial charge in [-0.15, -0.1) is 0 Å². The minimum atomic E-state index is 0.494. The van der Waals surface area contributed by atoms with Gasteiger partial charge in [0.05, 0.1) is 6.20 Å². The van der Waals surface area contributed by atoms with Gasteiger partial charge in [0, 0.05) is 29.0 Å². The van der Waals surface area contributed by atoms with Crippen LogP contribution >= 0.6 is 15.9 Å². The van der Waals surface area contributed by atoms with Gasteiger partial charge in [-0.1, -0.05) is 22.0 Å². The number of hydrogen-bond acceptors (Lipinski definition) is 3. The Kier molecular flexibility index (Phi) is 2.53. The number of aromatic nitrogens is 1. The van der Waals surface area contributed by atoms with E-state index in [0.29, 0.717) is 11.8 Å². The summed E-state index contributed by atoms with van der Waals surface area (Å²) in [4.78, 5) is 4.32. The normalized spacial score (nSPS) is 16.1. The topological polar surface area (TPSA) is 38.1 Å². The lowest BCUT2D eigenvalue weighted by molar-refractivity contribution is 0.373. The zero-order valence-corrected chi connectivity index (χ0v) is 10.2. The highest BCUT2D eigenvalue weighted by Crippen LogP contribution is 2.27. The third kappa shape index (κ3) is 1.79. The molecule has 82 valence electrons. The van der Waals surface area contributed by atoms with Crippen molar-refractivity contribution in [3.05, 3.63) is 40.7 Å². The molecule has 0 aliphatic carbocycles. The molecule has 0 saturated carbocycles. The number of nitrogens with one attached hydrogen (secondary N) is 1. The van der Waals surface area contributed by atoms with Crippen molar-refractivity contribution in [2.24, 2.45) is 0 Å². The Morgan fingerprint density at radius 2 is 2.25 bits per heavy atom. The highest BCUT2D eigenvalue weighted by atomic mass is 79.9.